The van der Waals surface area contributed by atoms with Crippen molar-refractivity contribution >= 4 is 21.9 Å². The lowest BCUT2D eigenvalue weighted by molar-refractivity contribution is -0.265. The lowest BCUT2D eigenvalue weighted by Gasteiger charge is -2.53. The van der Waals surface area contributed by atoms with Gasteiger partial charge < -0.3 is 9.47 Å². The van der Waals surface area contributed by atoms with Crippen molar-refractivity contribution in [2.24, 2.45) is 0 Å². The van der Waals surface area contributed by atoms with Crippen LogP contribution in [0.5, 0.6) is 0 Å². The lowest BCUT2D eigenvalue weighted by Crippen LogP contribution is -2.54. The summed E-state index contributed by atoms with van der Waals surface area (Å²) in [6.07, 6.45) is 1.81. The Labute approximate surface area is 258 Å². The highest BCUT2D eigenvalue weighted by Gasteiger charge is 2.60. The van der Waals surface area contributed by atoms with Crippen molar-refractivity contribution in [2.75, 3.05) is 14.2 Å². The summed E-state index contributed by atoms with van der Waals surface area (Å²) in [5, 5.41) is 2.58. The van der Waals surface area contributed by atoms with Gasteiger partial charge in [0.2, 0.25) is 5.79 Å². The Bertz CT molecular complexity index is 1840. The number of methoxy groups -OCH3 is 2. The van der Waals surface area contributed by atoms with Gasteiger partial charge in [-0.1, -0.05) is 110 Å². The summed E-state index contributed by atoms with van der Waals surface area (Å²) in [5.74, 6) is -0.430. The van der Waals surface area contributed by atoms with E-state index in [0.29, 0.717) is 5.92 Å². The van der Waals surface area contributed by atoms with Crippen LogP contribution in [0.15, 0.2) is 66.7 Å². The fourth-order valence-electron chi connectivity index (χ4n) is 9.59. The van der Waals surface area contributed by atoms with Crippen LogP contribution in [0.3, 0.4) is 0 Å². The van der Waals surface area contributed by atoms with E-state index in [0.717, 1.165) is 18.4 Å². The Morgan fingerprint density at radius 1 is 0.628 bits per heavy atom. The molecule has 222 valence electrons. The second kappa shape index (κ2) is 9.16. The van der Waals surface area contributed by atoms with Crippen molar-refractivity contribution in [2.45, 2.75) is 96.2 Å². The van der Waals surface area contributed by atoms with E-state index in [4.69, 9.17) is 9.47 Å². The van der Waals surface area contributed by atoms with Gasteiger partial charge >= 0.3 is 0 Å². The zero-order valence-electron chi connectivity index (χ0n) is 27.7. The molecular formula is C41H46O2. The van der Waals surface area contributed by atoms with Crippen molar-refractivity contribution in [3.8, 4) is 11.1 Å². The van der Waals surface area contributed by atoms with E-state index in [-0.39, 0.29) is 16.2 Å². The first kappa shape index (κ1) is 28.6. The highest BCUT2D eigenvalue weighted by atomic mass is 16.7. The van der Waals surface area contributed by atoms with Gasteiger partial charge in [-0.25, -0.2) is 0 Å². The van der Waals surface area contributed by atoms with E-state index in [1.165, 1.54) is 66.4 Å². The summed E-state index contributed by atoms with van der Waals surface area (Å²) in [5.41, 5.74) is 14.5. The fourth-order valence-corrected chi connectivity index (χ4v) is 9.59. The van der Waals surface area contributed by atoms with Crippen molar-refractivity contribution in [3.63, 3.8) is 0 Å². The Kier molecular flexibility index (Phi) is 6.08. The summed E-state index contributed by atoms with van der Waals surface area (Å²) in [6, 6.07) is 25.7. The van der Waals surface area contributed by atoms with E-state index in [9.17, 15) is 0 Å². The average molecular weight is 571 g/mol. The maximum absolute atomic E-state index is 6.65. The molecule has 4 aromatic carbocycles. The molecule has 0 aromatic heterocycles. The van der Waals surface area contributed by atoms with Gasteiger partial charge in [-0.2, -0.15) is 0 Å². The maximum atomic E-state index is 6.65. The summed E-state index contributed by atoms with van der Waals surface area (Å²) < 4.78 is 13.3. The Hall–Kier alpha value is -3.20. The largest absolute Gasteiger partial charge is 0.348 e. The van der Waals surface area contributed by atoms with E-state index >= 15 is 0 Å². The molecule has 0 bridgehead atoms. The molecule has 0 unspecified atom stereocenters. The number of allylic oxidation sites excluding steroid dienone is 2. The summed E-state index contributed by atoms with van der Waals surface area (Å²) in [6.45, 7) is 18.8. The third kappa shape index (κ3) is 3.27. The summed E-state index contributed by atoms with van der Waals surface area (Å²) >= 11 is 0. The summed E-state index contributed by atoms with van der Waals surface area (Å²) in [7, 11) is 3.68. The van der Waals surface area contributed by atoms with Crippen LogP contribution >= 0.6 is 0 Å². The molecule has 0 radical (unpaired) electrons. The van der Waals surface area contributed by atoms with Gasteiger partial charge in [-0.15, -0.1) is 0 Å². The zero-order chi connectivity index (χ0) is 30.7. The number of hydrogen-bond donors (Lipinski definition) is 0. The van der Waals surface area contributed by atoms with Gasteiger partial charge in [0.15, 0.2) is 0 Å². The quantitative estimate of drug-likeness (QED) is 0.222. The first-order valence-corrected chi connectivity index (χ1v) is 16.2. The first-order valence-electron chi connectivity index (χ1n) is 16.2. The molecule has 0 spiro atoms. The number of hydrogen-bond acceptors (Lipinski definition) is 2. The molecule has 0 heterocycles. The van der Waals surface area contributed by atoms with Crippen LogP contribution in [0, 0.1) is 0 Å². The fraction of sp³-hybridized carbons (Fsp3) is 0.415. The van der Waals surface area contributed by atoms with Crippen LogP contribution < -0.4 is 0 Å². The minimum atomic E-state index is -0.907. The highest BCUT2D eigenvalue weighted by molar-refractivity contribution is 6.11. The van der Waals surface area contributed by atoms with Crippen LogP contribution in [0.1, 0.15) is 113 Å². The maximum Gasteiger partial charge on any atom is 0.204 e. The molecule has 43 heavy (non-hydrogen) atoms. The molecule has 0 amide bonds. The second-order valence-corrected chi connectivity index (χ2v) is 14.4. The topological polar surface area (TPSA) is 18.5 Å². The monoisotopic (exact) mass is 570 g/mol. The molecule has 2 heteroatoms. The van der Waals surface area contributed by atoms with E-state index in [2.05, 4.69) is 122 Å². The van der Waals surface area contributed by atoms with Crippen LogP contribution in [0.4, 0.5) is 0 Å². The van der Waals surface area contributed by atoms with Gasteiger partial charge in [0.25, 0.3) is 0 Å². The Balaban J connectivity index is 1.63. The molecule has 2 nitrogen and oxygen atoms in total. The van der Waals surface area contributed by atoms with Crippen LogP contribution in [0.2, 0.25) is 0 Å². The van der Waals surface area contributed by atoms with E-state index in [1.807, 2.05) is 14.2 Å². The molecule has 0 atom stereocenters. The van der Waals surface area contributed by atoms with Gasteiger partial charge in [0.1, 0.15) is 0 Å². The van der Waals surface area contributed by atoms with Gasteiger partial charge in [-0.3, -0.25) is 0 Å². The molecule has 7 rings (SSSR count). The van der Waals surface area contributed by atoms with Crippen molar-refractivity contribution in [1.29, 1.82) is 0 Å². The Morgan fingerprint density at radius 3 is 1.95 bits per heavy atom. The predicted octanol–water partition coefficient (Wildman–Crippen LogP) is 10.6. The van der Waals surface area contributed by atoms with Crippen molar-refractivity contribution in [3.05, 3.63) is 106 Å². The third-order valence-electron chi connectivity index (χ3n) is 11.7. The molecule has 0 aliphatic heterocycles. The van der Waals surface area contributed by atoms with Crippen molar-refractivity contribution in [1.82, 2.24) is 0 Å². The minimum Gasteiger partial charge on any atom is -0.348 e. The molecule has 4 aromatic rings. The molecule has 3 aliphatic carbocycles. The standard InChI is InChI=1S/C41H46O2/c1-11-40(12-2)33-23-26-18-17-25(24(3)4)21-27(26)22-30(33)34-32(41(40,42-9)43-10)20-19-29-35(34)39(7,8)36-28-15-13-14-16-31(28)38(5,6)37(29)36/h13-24H,11-12H2,1-10H3. The van der Waals surface area contributed by atoms with E-state index < -0.39 is 5.79 Å². The highest BCUT2D eigenvalue weighted by Crippen LogP contribution is 2.67. The lowest BCUT2D eigenvalue weighted by atomic mass is 9.58. The zero-order valence-corrected chi connectivity index (χ0v) is 27.7. The number of benzene rings is 4. The summed E-state index contributed by atoms with van der Waals surface area (Å²) in [4.78, 5) is 0. The minimum absolute atomic E-state index is 0.0775. The average Bonchev–Trinajstić information content (AvgIpc) is 3.40. The second-order valence-electron chi connectivity index (χ2n) is 14.4. The SMILES string of the molecule is CCC1(CC)c2cc3ccc(C(C)C)cc3cc2-c2c(ccc3c2C(C)(C)C2=C3C(C)(C)c3ccccc32)C1(OC)OC. The smallest absolute Gasteiger partial charge is 0.204 e. The third-order valence-corrected chi connectivity index (χ3v) is 11.7. The van der Waals surface area contributed by atoms with Gasteiger partial charge in [-0.05, 0) is 97.3 Å². The normalized spacial score (nSPS) is 19.7. The molecule has 0 saturated carbocycles. The van der Waals surface area contributed by atoms with Gasteiger partial charge in [0, 0.05) is 30.6 Å². The molecule has 0 N–H and O–H groups in total. The first-order chi connectivity index (χ1) is 20.4. The molecule has 3 aliphatic rings. The molecular weight excluding hydrogens is 524 g/mol. The van der Waals surface area contributed by atoms with Crippen LogP contribution in [0.25, 0.3) is 33.0 Å². The molecule has 0 saturated heterocycles. The van der Waals surface area contributed by atoms with Crippen molar-refractivity contribution < 1.29 is 9.47 Å². The van der Waals surface area contributed by atoms with Crippen LogP contribution in [-0.2, 0) is 31.5 Å². The van der Waals surface area contributed by atoms with E-state index in [1.54, 1.807) is 0 Å². The number of fused-ring (bicyclic) bond motifs is 9. The van der Waals surface area contributed by atoms with Crippen LogP contribution in [-0.4, -0.2) is 14.2 Å². The molecule has 0 fully saturated rings. The number of rotatable bonds is 5. The Morgan fingerprint density at radius 2 is 1.30 bits per heavy atom. The predicted molar refractivity (Wildman–Crippen MR) is 181 cm³/mol. The number of ether oxygens (including phenoxy) is 2. The van der Waals surface area contributed by atoms with Gasteiger partial charge in [0.05, 0.1) is 5.41 Å².